The number of primary amides is 1. The van der Waals surface area contributed by atoms with Crippen LogP contribution in [0.15, 0.2) is 42.5 Å². The number of benzene rings is 2. The molecule has 0 atom stereocenters. The van der Waals surface area contributed by atoms with Crippen molar-refractivity contribution < 1.29 is 9.53 Å². The number of aromatic nitrogens is 2. The number of carbonyl (C=O) groups is 1. The first kappa shape index (κ1) is 20.4. The van der Waals surface area contributed by atoms with Crippen molar-refractivity contribution in [1.29, 1.82) is 0 Å². The molecule has 28 heavy (non-hydrogen) atoms. The second-order valence-electron chi connectivity index (χ2n) is 6.43. The Morgan fingerprint density at radius 1 is 1.18 bits per heavy atom. The van der Waals surface area contributed by atoms with Crippen LogP contribution in [0.4, 0.5) is 0 Å². The Bertz CT molecular complexity index is 998. The molecular formula is C21H21Cl2N3O2. The fourth-order valence-electron chi connectivity index (χ4n) is 2.99. The smallest absolute Gasteiger partial charge is 0.269 e. The van der Waals surface area contributed by atoms with Gasteiger partial charge >= 0.3 is 0 Å². The van der Waals surface area contributed by atoms with Gasteiger partial charge in [-0.25, -0.2) is 0 Å². The molecule has 1 heterocycles. The highest BCUT2D eigenvalue weighted by molar-refractivity contribution is 6.31. The summed E-state index contributed by atoms with van der Waals surface area (Å²) in [6, 6.07) is 13.2. The highest BCUT2D eigenvalue weighted by Crippen LogP contribution is 2.30. The quantitative estimate of drug-likeness (QED) is 0.597. The maximum atomic E-state index is 12.0. The number of nitrogens with zero attached hydrogens (tertiary/aromatic N) is 2. The van der Waals surface area contributed by atoms with Gasteiger partial charge in [0.1, 0.15) is 0 Å². The summed E-state index contributed by atoms with van der Waals surface area (Å²) in [5.41, 5.74) is 10.1. The number of rotatable bonds is 7. The van der Waals surface area contributed by atoms with Crippen molar-refractivity contribution in [3.05, 3.63) is 74.9 Å². The minimum Gasteiger partial charge on any atom is -0.377 e. The summed E-state index contributed by atoms with van der Waals surface area (Å²) in [6.07, 6.45) is 0. The van der Waals surface area contributed by atoms with Crippen molar-refractivity contribution in [2.45, 2.75) is 27.0 Å². The molecule has 146 valence electrons. The van der Waals surface area contributed by atoms with Crippen molar-refractivity contribution in [2.75, 3.05) is 6.61 Å². The lowest BCUT2D eigenvalue weighted by Gasteiger charge is -2.11. The lowest BCUT2D eigenvalue weighted by atomic mass is 10.1. The fraction of sp³-hybridized carbons (Fsp3) is 0.238. The van der Waals surface area contributed by atoms with Gasteiger partial charge in [0.2, 0.25) is 0 Å². The van der Waals surface area contributed by atoms with Crippen LogP contribution in [0.25, 0.3) is 11.3 Å². The number of carbonyl (C=O) groups excluding carboxylic acids is 1. The van der Waals surface area contributed by atoms with Crippen molar-refractivity contribution in [3.8, 4) is 11.3 Å². The molecule has 0 radical (unpaired) electrons. The van der Waals surface area contributed by atoms with E-state index >= 15 is 0 Å². The molecule has 0 aliphatic heterocycles. The highest BCUT2D eigenvalue weighted by atomic mass is 35.5. The van der Waals surface area contributed by atoms with Crippen LogP contribution in [0.3, 0.4) is 0 Å². The van der Waals surface area contributed by atoms with Crippen LogP contribution in [0.1, 0.15) is 34.1 Å². The first-order valence-corrected chi connectivity index (χ1v) is 9.64. The average Bonchev–Trinajstić information content (AvgIpc) is 3.02. The summed E-state index contributed by atoms with van der Waals surface area (Å²) in [5, 5.41) is 5.80. The number of amides is 1. The Balaban J connectivity index is 2.14. The van der Waals surface area contributed by atoms with Gasteiger partial charge in [-0.05, 0) is 43.2 Å². The molecule has 2 aromatic carbocycles. The first-order valence-electron chi connectivity index (χ1n) is 8.89. The number of aryl methyl sites for hydroxylation is 1. The van der Waals surface area contributed by atoms with Crippen molar-refractivity contribution in [2.24, 2.45) is 5.73 Å². The maximum absolute atomic E-state index is 12.0. The van der Waals surface area contributed by atoms with Gasteiger partial charge in [-0.1, -0.05) is 47.5 Å². The maximum Gasteiger partial charge on any atom is 0.269 e. The van der Waals surface area contributed by atoms with Crippen LogP contribution >= 0.6 is 23.2 Å². The summed E-state index contributed by atoms with van der Waals surface area (Å²) >= 11 is 12.3. The van der Waals surface area contributed by atoms with Gasteiger partial charge in [-0.15, -0.1) is 0 Å². The van der Waals surface area contributed by atoms with Crippen LogP contribution in [0.5, 0.6) is 0 Å². The van der Waals surface area contributed by atoms with E-state index < -0.39 is 5.91 Å². The van der Waals surface area contributed by atoms with Gasteiger partial charge in [-0.3, -0.25) is 9.48 Å². The van der Waals surface area contributed by atoms with Crippen molar-refractivity contribution in [1.82, 2.24) is 9.78 Å². The number of hydrogen-bond acceptors (Lipinski definition) is 3. The predicted octanol–water partition coefficient (Wildman–Crippen LogP) is 4.85. The third-order valence-electron chi connectivity index (χ3n) is 4.42. The van der Waals surface area contributed by atoms with Crippen molar-refractivity contribution in [3.63, 3.8) is 0 Å². The second-order valence-corrected chi connectivity index (χ2v) is 7.27. The molecule has 0 unspecified atom stereocenters. The third-order valence-corrected chi connectivity index (χ3v) is 5.08. The number of ether oxygens (including phenoxy) is 1. The monoisotopic (exact) mass is 417 g/mol. The molecule has 1 aromatic heterocycles. The Labute approximate surface area is 174 Å². The van der Waals surface area contributed by atoms with Crippen LogP contribution in [0, 0.1) is 6.92 Å². The van der Waals surface area contributed by atoms with Crippen LogP contribution < -0.4 is 5.73 Å². The van der Waals surface area contributed by atoms with Gasteiger partial charge in [-0.2, -0.15) is 5.10 Å². The molecule has 7 heteroatoms. The average molecular weight is 418 g/mol. The van der Waals surface area contributed by atoms with E-state index in [-0.39, 0.29) is 12.3 Å². The minimum atomic E-state index is -0.592. The zero-order chi connectivity index (χ0) is 20.3. The highest BCUT2D eigenvalue weighted by Gasteiger charge is 2.23. The van der Waals surface area contributed by atoms with Gasteiger partial charge in [0.05, 0.1) is 18.8 Å². The lowest BCUT2D eigenvalue weighted by Crippen LogP contribution is -2.15. The van der Waals surface area contributed by atoms with E-state index in [1.807, 2.05) is 44.2 Å². The molecule has 0 aliphatic rings. The molecule has 2 N–H and O–H groups in total. The SMILES string of the molecule is CCOCc1c(C(N)=O)nn(Cc2ccc(C)c(Cl)c2)c1-c1ccc(Cl)cc1. The van der Waals surface area contributed by atoms with E-state index in [0.29, 0.717) is 28.8 Å². The molecule has 3 aromatic rings. The standard InChI is InChI=1S/C21H21Cl2N3O2/c1-3-28-12-17-19(21(24)27)25-26(11-14-5-4-13(2)18(23)10-14)20(17)15-6-8-16(22)9-7-15/h4-10H,3,11-12H2,1-2H3,(H2,24,27). The fourth-order valence-corrected chi connectivity index (χ4v) is 3.32. The van der Waals surface area contributed by atoms with Gasteiger partial charge in [0, 0.05) is 27.8 Å². The molecular weight excluding hydrogens is 397 g/mol. The molecule has 0 bridgehead atoms. The summed E-state index contributed by atoms with van der Waals surface area (Å²) in [7, 11) is 0. The molecule has 3 rings (SSSR count). The Morgan fingerprint density at radius 3 is 2.50 bits per heavy atom. The van der Waals surface area contributed by atoms with Gasteiger partial charge in [0.25, 0.3) is 5.91 Å². The number of hydrogen-bond donors (Lipinski definition) is 1. The number of halogens is 2. The number of nitrogens with two attached hydrogens (primary N) is 1. The molecule has 0 aliphatic carbocycles. The molecule has 1 amide bonds. The van der Waals surface area contributed by atoms with Crippen molar-refractivity contribution >= 4 is 29.1 Å². The molecule has 0 spiro atoms. The van der Waals surface area contributed by atoms with Crippen LogP contribution in [-0.2, 0) is 17.9 Å². The summed E-state index contributed by atoms with van der Waals surface area (Å²) in [6.45, 7) is 5.03. The van der Waals surface area contributed by atoms with E-state index in [2.05, 4.69) is 5.10 Å². The largest absolute Gasteiger partial charge is 0.377 e. The van der Waals surface area contributed by atoms with E-state index in [4.69, 9.17) is 33.7 Å². The Morgan fingerprint density at radius 2 is 1.89 bits per heavy atom. The van der Waals surface area contributed by atoms with Gasteiger partial charge < -0.3 is 10.5 Å². The summed E-state index contributed by atoms with van der Waals surface area (Å²) in [5.74, 6) is -0.592. The van der Waals surface area contributed by atoms with E-state index in [1.165, 1.54) is 0 Å². The second kappa shape index (κ2) is 8.78. The zero-order valence-electron chi connectivity index (χ0n) is 15.7. The summed E-state index contributed by atoms with van der Waals surface area (Å²) < 4.78 is 7.35. The van der Waals surface area contributed by atoms with Gasteiger partial charge in [0.15, 0.2) is 5.69 Å². The summed E-state index contributed by atoms with van der Waals surface area (Å²) in [4.78, 5) is 12.0. The van der Waals surface area contributed by atoms with E-state index in [0.717, 1.165) is 22.4 Å². The van der Waals surface area contributed by atoms with Crippen LogP contribution in [0.2, 0.25) is 10.0 Å². The molecule has 0 saturated heterocycles. The normalized spacial score (nSPS) is 11.0. The minimum absolute atomic E-state index is 0.205. The Kier molecular flexibility index (Phi) is 6.39. The lowest BCUT2D eigenvalue weighted by molar-refractivity contribution is 0.0984. The predicted molar refractivity (Wildman–Crippen MR) is 112 cm³/mol. The molecule has 0 fully saturated rings. The van der Waals surface area contributed by atoms with E-state index in [1.54, 1.807) is 16.8 Å². The van der Waals surface area contributed by atoms with E-state index in [9.17, 15) is 4.79 Å². The molecule has 0 saturated carbocycles. The zero-order valence-corrected chi connectivity index (χ0v) is 17.2. The Hall–Kier alpha value is -2.34. The third kappa shape index (κ3) is 4.38. The first-order chi connectivity index (χ1) is 13.4. The van der Waals surface area contributed by atoms with Crippen LogP contribution in [-0.4, -0.2) is 22.3 Å². The molecule has 5 nitrogen and oxygen atoms in total. The topological polar surface area (TPSA) is 70.1 Å².